The van der Waals surface area contributed by atoms with Crippen LogP contribution >= 0.6 is 0 Å². The predicted octanol–water partition coefficient (Wildman–Crippen LogP) is 5.01. The first-order valence-electron chi connectivity index (χ1n) is 7.04. The van der Waals surface area contributed by atoms with Crippen LogP contribution in [0.25, 0.3) is 0 Å². The molecule has 0 aromatic carbocycles. The Morgan fingerprint density at radius 1 is 0.667 bits per heavy atom. The van der Waals surface area contributed by atoms with Crippen LogP contribution in [-0.4, -0.2) is 13.1 Å². The molecule has 0 aromatic heterocycles. The highest BCUT2D eigenvalue weighted by molar-refractivity contribution is 4.46. The van der Waals surface area contributed by atoms with Crippen molar-refractivity contribution in [2.45, 2.75) is 80.1 Å². The Bertz CT molecular complexity index is 54.4. The van der Waals surface area contributed by atoms with Gasteiger partial charge in [-0.05, 0) is 25.9 Å². The number of hydrogen-bond acceptors (Lipinski definition) is 1. The Kier molecular flexibility index (Phi) is 39.7. The van der Waals surface area contributed by atoms with Gasteiger partial charge in [0.2, 0.25) is 0 Å². The zero-order valence-corrected chi connectivity index (χ0v) is 12.2. The van der Waals surface area contributed by atoms with Crippen LogP contribution in [-0.2, 0) is 0 Å². The van der Waals surface area contributed by atoms with Gasteiger partial charge in [0.1, 0.15) is 0 Å². The van der Waals surface area contributed by atoms with Crippen molar-refractivity contribution in [3.63, 3.8) is 0 Å². The van der Waals surface area contributed by atoms with Gasteiger partial charge >= 0.3 is 0 Å². The fourth-order valence-electron chi connectivity index (χ4n) is 0.927. The molecular formula is C14H35N. The van der Waals surface area contributed by atoms with E-state index in [1.165, 1.54) is 51.6 Å². The van der Waals surface area contributed by atoms with Gasteiger partial charge in [-0.2, -0.15) is 0 Å². The second-order valence-electron chi connectivity index (χ2n) is 3.52. The molecule has 0 unspecified atom stereocenters. The molecule has 0 bridgehead atoms. The van der Waals surface area contributed by atoms with Crippen LogP contribution in [0.15, 0.2) is 0 Å². The molecule has 0 heterocycles. The molecule has 0 aliphatic heterocycles. The van der Waals surface area contributed by atoms with Gasteiger partial charge in [0.15, 0.2) is 0 Å². The molecular weight excluding hydrogens is 182 g/mol. The second-order valence-corrected chi connectivity index (χ2v) is 3.52. The summed E-state index contributed by atoms with van der Waals surface area (Å²) in [4.78, 5) is 0. The summed E-state index contributed by atoms with van der Waals surface area (Å²) < 4.78 is 0. The Labute approximate surface area is 99.0 Å². The van der Waals surface area contributed by atoms with Crippen molar-refractivity contribution >= 4 is 0 Å². The van der Waals surface area contributed by atoms with Crippen molar-refractivity contribution in [2.75, 3.05) is 13.1 Å². The lowest BCUT2D eigenvalue weighted by Crippen LogP contribution is -2.16. The Morgan fingerprint density at radius 2 is 1.07 bits per heavy atom. The van der Waals surface area contributed by atoms with Crippen LogP contribution < -0.4 is 5.32 Å². The summed E-state index contributed by atoms with van der Waals surface area (Å²) >= 11 is 0. The first kappa shape index (κ1) is 20.4. The minimum absolute atomic E-state index is 1.21. The quantitative estimate of drug-likeness (QED) is 0.591. The van der Waals surface area contributed by atoms with E-state index in [1.807, 2.05) is 13.8 Å². The average molecular weight is 217 g/mol. The molecule has 1 heteroatoms. The van der Waals surface area contributed by atoms with Gasteiger partial charge in [-0.15, -0.1) is 0 Å². The Morgan fingerprint density at radius 3 is 1.47 bits per heavy atom. The van der Waals surface area contributed by atoms with Crippen LogP contribution in [0.5, 0.6) is 0 Å². The van der Waals surface area contributed by atoms with Crippen LogP contribution in [0, 0.1) is 0 Å². The van der Waals surface area contributed by atoms with Crippen LogP contribution in [0.1, 0.15) is 80.1 Å². The minimum atomic E-state index is 1.21. The van der Waals surface area contributed by atoms with Crippen LogP contribution in [0.2, 0.25) is 0 Å². The van der Waals surface area contributed by atoms with Crippen LogP contribution in [0.3, 0.4) is 0 Å². The number of nitrogens with one attached hydrogen (secondary N) is 1. The summed E-state index contributed by atoms with van der Waals surface area (Å²) in [5.41, 5.74) is 0. The molecule has 96 valence electrons. The molecule has 0 fully saturated rings. The molecule has 0 amide bonds. The normalized spacial score (nSPS) is 8.40. The predicted molar refractivity (Wildman–Crippen MR) is 74.6 cm³/mol. The van der Waals surface area contributed by atoms with Gasteiger partial charge in [-0.3, -0.25) is 0 Å². The van der Waals surface area contributed by atoms with E-state index in [4.69, 9.17) is 0 Å². The fourth-order valence-corrected chi connectivity index (χ4v) is 0.927. The van der Waals surface area contributed by atoms with E-state index < -0.39 is 0 Å². The molecule has 0 saturated carbocycles. The minimum Gasteiger partial charge on any atom is -0.317 e. The highest BCUT2D eigenvalue weighted by atomic mass is 14.8. The maximum absolute atomic E-state index is 3.42. The van der Waals surface area contributed by atoms with Crippen molar-refractivity contribution in [3.05, 3.63) is 0 Å². The summed E-state index contributed by atoms with van der Waals surface area (Å²) in [7, 11) is 0. The van der Waals surface area contributed by atoms with Crippen molar-refractivity contribution < 1.29 is 0 Å². The van der Waals surface area contributed by atoms with Gasteiger partial charge in [0.25, 0.3) is 0 Å². The Balaban J connectivity index is -0.000000245. The first-order valence-corrected chi connectivity index (χ1v) is 7.04. The van der Waals surface area contributed by atoms with E-state index in [0.717, 1.165) is 0 Å². The van der Waals surface area contributed by atoms with E-state index in [9.17, 15) is 0 Å². The fraction of sp³-hybridized carbons (Fsp3) is 1.00. The zero-order valence-electron chi connectivity index (χ0n) is 12.2. The highest BCUT2D eigenvalue weighted by Gasteiger charge is 1.85. The molecule has 0 aliphatic carbocycles. The van der Waals surface area contributed by atoms with Crippen molar-refractivity contribution in [1.82, 2.24) is 5.32 Å². The lowest BCUT2D eigenvalue weighted by Gasteiger charge is -2.01. The van der Waals surface area contributed by atoms with Crippen LogP contribution in [0.4, 0.5) is 0 Å². The highest BCUT2D eigenvalue weighted by Crippen LogP contribution is 1.91. The summed E-state index contributed by atoms with van der Waals surface area (Å²) in [5.74, 6) is 0. The van der Waals surface area contributed by atoms with Gasteiger partial charge in [-0.25, -0.2) is 0 Å². The summed E-state index contributed by atoms with van der Waals surface area (Å²) in [6, 6.07) is 0. The summed E-state index contributed by atoms with van der Waals surface area (Å²) in [6.45, 7) is 15.1. The van der Waals surface area contributed by atoms with Gasteiger partial charge in [0, 0.05) is 0 Å². The smallest absolute Gasteiger partial charge is 0.00489 e. The van der Waals surface area contributed by atoms with Gasteiger partial charge in [-0.1, -0.05) is 67.2 Å². The third kappa shape index (κ3) is 41.2. The second kappa shape index (κ2) is 29.2. The molecule has 0 saturated heterocycles. The number of unbranched alkanes of at least 4 members (excludes halogenated alkanes) is 3. The molecule has 0 atom stereocenters. The number of rotatable bonds is 7. The Hall–Kier alpha value is -0.0400. The molecule has 0 rings (SSSR count). The maximum atomic E-state index is 3.42. The molecule has 1 N–H and O–H groups in total. The summed E-state index contributed by atoms with van der Waals surface area (Å²) in [5, 5.41) is 3.42. The molecule has 0 aliphatic rings. The molecule has 0 spiro atoms. The lowest BCUT2D eigenvalue weighted by molar-refractivity contribution is 0.595. The molecule has 1 nitrogen and oxygen atoms in total. The topological polar surface area (TPSA) is 12.0 Å². The first-order chi connectivity index (χ1) is 7.33. The van der Waals surface area contributed by atoms with Gasteiger partial charge < -0.3 is 5.32 Å². The van der Waals surface area contributed by atoms with E-state index in [0.29, 0.717) is 0 Å². The van der Waals surface area contributed by atoms with E-state index in [2.05, 4.69) is 33.0 Å². The van der Waals surface area contributed by atoms with Crippen molar-refractivity contribution in [2.24, 2.45) is 0 Å². The summed E-state index contributed by atoms with van der Waals surface area (Å²) in [6.07, 6.45) is 7.93. The third-order valence-corrected chi connectivity index (χ3v) is 1.66. The van der Waals surface area contributed by atoms with Gasteiger partial charge in [0.05, 0.1) is 0 Å². The van der Waals surface area contributed by atoms with Crippen molar-refractivity contribution in [3.8, 4) is 0 Å². The molecule has 15 heavy (non-hydrogen) atoms. The average Bonchev–Trinajstić information content (AvgIpc) is 2.27. The largest absolute Gasteiger partial charge is 0.317 e. The monoisotopic (exact) mass is 217 g/mol. The molecule has 0 aromatic rings. The lowest BCUT2D eigenvalue weighted by atomic mass is 10.2. The van der Waals surface area contributed by atoms with E-state index >= 15 is 0 Å². The van der Waals surface area contributed by atoms with E-state index in [1.54, 1.807) is 0 Å². The van der Waals surface area contributed by atoms with E-state index in [-0.39, 0.29) is 0 Å². The maximum Gasteiger partial charge on any atom is -0.00489 e. The SMILES string of the molecule is CC.CCC.CCCCCNCCCC. The zero-order chi connectivity index (χ0) is 12.4. The standard InChI is InChI=1S/C9H21N.C3H8.C2H6/c1-3-5-7-9-10-8-6-4-2;1-3-2;1-2/h10H,3-9H2,1-2H3;3H2,1-2H3;1-2H3. The number of hydrogen-bond donors (Lipinski definition) is 1. The van der Waals surface area contributed by atoms with Crippen molar-refractivity contribution in [1.29, 1.82) is 0 Å². The molecule has 0 radical (unpaired) electrons. The third-order valence-electron chi connectivity index (χ3n) is 1.66.